The molecule has 108 valence electrons. The maximum absolute atomic E-state index is 11.7. The van der Waals surface area contributed by atoms with E-state index >= 15 is 0 Å². The van der Waals surface area contributed by atoms with Gasteiger partial charge in [0, 0.05) is 12.4 Å². The molecule has 5 N–H and O–H groups in total. The summed E-state index contributed by atoms with van der Waals surface area (Å²) in [5.41, 5.74) is 5.73. The van der Waals surface area contributed by atoms with Crippen LogP contribution >= 0.6 is 0 Å². The highest BCUT2D eigenvalue weighted by Gasteiger charge is 2.22. The number of carbonyl (C=O) groups is 3. The molecular weight excluding hydrogens is 264 g/mol. The first-order chi connectivity index (χ1) is 9.40. The Morgan fingerprint density at radius 3 is 2.40 bits per heavy atom. The topological polar surface area (TPSA) is 134 Å². The fraction of sp³-hybridized carbons (Fsp3) is 0.333. The number of hydrogen-bond acceptors (Lipinski definition) is 4. The minimum absolute atomic E-state index is 0.332. The third-order valence-electron chi connectivity index (χ3n) is 2.56. The van der Waals surface area contributed by atoms with Crippen LogP contribution in [0.5, 0.6) is 0 Å². The van der Waals surface area contributed by atoms with Gasteiger partial charge in [-0.15, -0.1) is 0 Å². The Balaban J connectivity index is 2.57. The molecular formula is C12H16N4O4. The Morgan fingerprint density at radius 2 is 1.90 bits per heavy atom. The SMILES string of the molecule is CC(NC(=O)N[C@H](CC(N)=O)C(=O)O)c1ccncc1. The summed E-state index contributed by atoms with van der Waals surface area (Å²) in [5.74, 6) is -2.13. The normalized spacial score (nSPS) is 13.1. The van der Waals surface area contributed by atoms with Crippen LogP contribution < -0.4 is 16.4 Å². The van der Waals surface area contributed by atoms with E-state index in [2.05, 4.69) is 15.6 Å². The number of aliphatic carboxylic acids is 1. The molecule has 0 aliphatic heterocycles. The number of carbonyl (C=O) groups excluding carboxylic acids is 2. The molecule has 0 spiro atoms. The van der Waals surface area contributed by atoms with Crippen LogP contribution in [0.1, 0.15) is 24.9 Å². The van der Waals surface area contributed by atoms with Crippen molar-refractivity contribution in [2.24, 2.45) is 5.73 Å². The number of nitrogens with zero attached hydrogens (tertiary/aromatic N) is 1. The molecule has 1 heterocycles. The highest BCUT2D eigenvalue weighted by molar-refractivity contribution is 5.87. The highest BCUT2D eigenvalue weighted by Crippen LogP contribution is 2.09. The summed E-state index contributed by atoms with van der Waals surface area (Å²) in [6, 6.07) is 1.08. The van der Waals surface area contributed by atoms with Gasteiger partial charge >= 0.3 is 12.0 Å². The molecule has 1 rings (SSSR count). The van der Waals surface area contributed by atoms with Crippen LogP contribution in [-0.4, -0.2) is 34.0 Å². The van der Waals surface area contributed by atoms with Gasteiger partial charge in [-0.25, -0.2) is 9.59 Å². The molecule has 3 amide bonds. The maximum atomic E-state index is 11.7. The summed E-state index contributed by atoms with van der Waals surface area (Å²) >= 11 is 0. The van der Waals surface area contributed by atoms with E-state index in [0.29, 0.717) is 0 Å². The zero-order valence-electron chi connectivity index (χ0n) is 10.9. The van der Waals surface area contributed by atoms with Crippen LogP contribution in [0, 0.1) is 0 Å². The first kappa shape index (κ1) is 15.4. The van der Waals surface area contributed by atoms with E-state index in [4.69, 9.17) is 10.8 Å². The number of primary amides is 1. The van der Waals surface area contributed by atoms with Gasteiger partial charge in [-0.2, -0.15) is 0 Å². The lowest BCUT2D eigenvalue weighted by Gasteiger charge is -2.17. The molecule has 0 fully saturated rings. The average molecular weight is 280 g/mol. The van der Waals surface area contributed by atoms with Crippen LogP contribution in [0.2, 0.25) is 0 Å². The number of pyridine rings is 1. The van der Waals surface area contributed by atoms with Crippen LogP contribution in [0.3, 0.4) is 0 Å². The number of rotatable bonds is 6. The highest BCUT2D eigenvalue weighted by atomic mass is 16.4. The number of nitrogens with one attached hydrogen (secondary N) is 2. The molecule has 0 saturated heterocycles. The van der Waals surface area contributed by atoms with Crippen molar-refractivity contribution in [3.8, 4) is 0 Å². The van der Waals surface area contributed by atoms with Crippen molar-refractivity contribution in [1.29, 1.82) is 0 Å². The Bertz CT molecular complexity index is 491. The molecule has 8 nitrogen and oxygen atoms in total. The Morgan fingerprint density at radius 1 is 1.30 bits per heavy atom. The van der Waals surface area contributed by atoms with Crippen molar-refractivity contribution in [3.05, 3.63) is 30.1 Å². The predicted molar refractivity (Wildman–Crippen MR) is 69.6 cm³/mol. The van der Waals surface area contributed by atoms with Gasteiger partial charge in [-0.1, -0.05) is 0 Å². The lowest BCUT2D eigenvalue weighted by atomic mass is 10.1. The van der Waals surface area contributed by atoms with Crippen LogP contribution in [0.15, 0.2) is 24.5 Å². The third kappa shape index (κ3) is 4.92. The molecule has 0 aromatic carbocycles. The summed E-state index contributed by atoms with van der Waals surface area (Å²) in [7, 11) is 0. The first-order valence-electron chi connectivity index (χ1n) is 5.88. The Labute approximate surface area is 115 Å². The van der Waals surface area contributed by atoms with Gasteiger partial charge < -0.3 is 21.5 Å². The summed E-state index contributed by atoms with van der Waals surface area (Å²) in [5, 5.41) is 13.6. The van der Waals surface area contributed by atoms with Crippen molar-refractivity contribution in [3.63, 3.8) is 0 Å². The zero-order valence-corrected chi connectivity index (χ0v) is 10.9. The number of urea groups is 1. The molecule has 0 aliphatic carbocycles. The van der Waals surface area contributed by atoms with Gasteiger partial charge in [0.05, 0.1) is 12.5 Å². The fourth-order valence-electron chi connectivity index (χ4n) is 1.53. The molecule has 8 heteroatoms. The lowest BCUT2D eigenvalue weighted by molar-refractivity contribution is -0.140. The van der Waals surface area contributed by atoms with E-state index in [-0.39, 0.29) is 6.04 Å². The van der Waals surface area contributed by atoms with E-state index in [9.17, 15) is 14.4 Å². The van der Waals surface area contributed by atoms with Crippen molar-refractivity contribution in [2.75, 3.05) is 0 Å². The second-order valence-corrected chi connectivity index (χ2v) is 4.18. The van der Waals surface area contributed by atoms with Crippen molar-refractivity contribution in [2.45, 2.75) is 25.4 Å². The average Bonchev–Trinajstić information content (AvgIpc) is 2.38. The number of amides is 3. The van der Waals surface area contributed by atoms with E-state index in [1.54, 1.807) is 31.5 Å². The quantitative estimate of drug-likeness (QED) is 0.571. The number of nitrogens with two attached hydrogens (primary N) is 1. The molecule has 0 radical (unpaired) electrons. The molecule has 2 atom stereocenters. The first-order valence-corrected chi connectivity index (χ1v) is 5.88. The van der Waals surface area contributed by atoms with E-state index in [1.165, 1.54) is 0 Å². The standard InChI is InChI=1S/C12H16N4O4/c1-7(8-2-4-14-5-3-8)15-12(20)16-9(11(18)19)6-10(13)17/h2-5,7,9H,6H2,1H3,(H2,13,17)(H,18,19)(H2,15,16,20)/t7?,9-/m1/s1. The second kappa shape index (κ2) is 7.07. The Hall–Kier alpha value is -2.64. The van der Waals surface area contributed by atoms with Crippen molar-refractivity contribution < 1.29 is 19.5 Å². The summed E-state index contributed by atoms with van der Waals surface area (Å²) in [4.78, 5) is 37.1. The minimum atomic E-state index is -1.35. The van der Waals surface area contributed by atoms with Crippen LogP contribution in [0.25, 0.3) is 0 Å². The molecule has 0 aliphatic rings. The van der Waals surface area contributed by atoms with Crippen molar-refractivity contribution in [1.82, 2.24) is 15.6 Å². The third-order valence-corrected chi connectivity index (χ3v) is 2.56. The summed E-state index contributed by atoms with van der Waals surface area (Å²) < 4.78 is 0. The molecule has 1 aromatic rings. The Kier molecular flexibility index (Phi) is 5.45. The van der Waals surface area contributed by atoms with Crippen LogP contribution in [0.4, 0.5) is 4.79 Å². The smallest absolute Gasteiger partial charge is 0.326 e. The van der Waals surface area contributed by atoms with Gasteiger partial charge in [0.25, 0.3) is 0 Å². The zero-order chi connectivity index (χ0) is 15.1. The molecule has 1 aromatic heterocycles. The molecule has 0 saturated carbocycles. The monoisotopic (exact) mass is 280 g/mol. The van der Waals surface area contributed by atoms with Crippen LogP contribution in [-0.2, 0) is 9.59 Å². The fourth-order valence-corrected chi connectivity index (χ4v) is 1.53. The van der Waals surface area contributed by atoms with E-state index in [1.807, 2.05) is 0 Å². The number of carboxylic acid groups (broad SMARTS) is 1. The van der Waals surface area contributed by atoms with Gasteiger partial charge in [0.2, 0.25) is 5.91 Å². The maximum Gasteiger partial charge on any atom is 0.326 e. The molecule has 1 unspecified atom stereocenters. The predicted octanol–water partition coefficient (Wildman–Crippen LogP) is -0.230. The van der Waals surface area contributed by atoms with Gasteiger partial charge in [0.1, 0.15) is 6.04 Å². The van der Waals surface area contributed by atoms with Gasteiger partial charge in [-0.3, -0.25) is 9.78 Å². The van der Waals surface area contributed by atoms with Gasteiger partial charge in [0.15, 0.2) is 0 Å². The van der Waals surface area contributed by atoms with E-state index < -0.39 is 30.4 Å². The molecule has 0 bridgehead atoms. The van der Waals surface area contributed by atoms with Crippen molar-refractivity contribution >= 4 is 17.9 Å². The van der Waals surface area contributed by atoms with Gasteiger partial charge in [-0.05, 0) is 24.6 Å². The number of carboxylic acids is 1. The summed E-state index contributed by atoms with van der Waals surface area (Å²) in [6.07, 6.45) is 2.70. The second-order valence-electron chi connectivity index (χ2n) is 4.18. The number of hydrogen-bond donors (Lipinski definition) is 4. The lowest BCUT2D eigenvalue weighted by Crippen LogP contribution is -2.48. The molecule has 20 heavy (non-hydrogen) atoms. The summed E-state index contributed by atoms with van der Waals surface area (Å²) in [6.45, 7) is 1.73. The minimum Gasteiger partial charge on any atom is -0.480 e. The van der Waals surface area contributed by atoms with E-state index in [0.717, 1.165) is 5.56 Å². The number of aromatic nitrogens is 1. The largest absolute Gasteiger partial charge is 0.480 e.